The molecule has 0 saturated carbocycles. The van der Waals surface area contributed by atoms with Gasteiger partial charge in [0.15, 0.2) is 0 Å². The number of benzene rings is 3. The van der Waals surface area contributed by atoms with Crippen molar-refractivity contribution in [2.45, 2.75) is 26.8 Å². The van der Waals surface area contributed by atoms with E-state index in [1.54, 1.807) is 24.3 Å². The summed E-state index contributed by atoms with van der Waals surface area (Å²) in [6, 6.07) is 22.3. The maximum absolute atomic E-state index is 12.6. The highest BCUT2D eigenvalue weighted by Crippen LogP contribution is 2.16. The Bertz CT molecular complexity index is 976. The highest BCUT2D eigenvalue weighted by molar-refractivity contribution is 6.06. The summed E-state index contributed by atoms with van der Waals surface area (Å²) in [5.74, 6) is -0.451. The molecule has 0 radical (unpaired) electrons. The molecule has 0 saturated heterocycles. The van der Waals surface area contributed by atoms with Gasteiger partial charge in [0.05, 0.1) is 6.04 Å². The van der Waals surface area contributed by atoms with Gasteiger partial charge in [0.1, 0.15) is 0 Å². The highest BCUT2D eigenvalue weighted by Gasteiger charge is 2.14. The van der Waals surface area contributed by atoms with Gasteiger partial charge < -0.3 is 10.6 Å². The quantitative estimate of drug-likeness (QED) is 0.659. The van der Waals surface area contributed by atoms with Crippen LogP contribution in [0.25, 0.3) is 0 Å². The molecule has 1 unspecified atom stereocenters. The van der Waals surface area contributed by atoms with Crippen LogP contribution >= 0.6 is 0 Å². The fourth-order valence-corrected chi connectivity index (χ4v) is 3.16. The number of carbonyl (C=O) groups is 2. The van der Waals surface area contributed by atoms with Gasteiger partial charge in [-0.1, -0.05) is 42.5 Å². The normalized spacial score (nSPS) is 11.5. The van der Waals surface area contributed by atoms with Gasteiger partial charge in [-0.05, 0) is 67.8 Å². The Morgan fingerprint density at radius 3 is 2.00 bits per heavy atom. The van der Waals surface area contributed by atoms with E-state index in [1.807, 2.05) is 63.2 Å². The summed E-state index contributed by atoms with van der Waals surface area (Å²) >= 11 is 0. The lowest BCUT2D eigenvalue weighted by Gasteiger charge is -2.15. The predicted octanol–water partition coefficient (Wildman–Crippen LogP) is 5.05. The molecule has 2 amide bonds. The minimum absolute atomic E-state index is 0.124. The fraction of sp³-hybridized carbons (Fsp3) is 0.167. The van der Waals surface area contributed by atoms with Gasteiger partial charge in [-0.15, -0.1) is 0 Å². The minimum atomic E-state index is -0.240. The summed E-state index contributed by atoms with van der Waals surface area (Å²) in [6.07, 6.45) is 0. The Hall–Kier alpha value is -3.40. The molecule has 3 aromatic carbocycles. The zero-order valence-corrected chi connectivity index (χ0v) is 16.3. The lowest BCUT2D eigenvalue weighted by Crippen LogP contribution is -2.27. The predicted molar refractivity (Wildman–Crippen MR) is 113 cm³/mol. The maximum Gasteiger partial charge on any atom is 0.255 e. The van der Waals surface area contributed by atoms with E-state index in [1.165, 1.54) is 0 Å². The van der Waals surface area contributed by atoms with Gasteiger partial charge >= 0.3 is 0 Å². The molecule has 0 aliphatic carbocycles. The molecule has 4 heteroatoms. The number of hydrogen-bond donors (Lipinski definition) is 2. The molecule has 0 spiro atoms. The lowest BCUT2D eigenvalue weighted by atomic mass is 10.1. The van der Waals surface area contributed by atoms with Crippen LogP contribution < -0.4 is 10.6 Å². The molecule has 0 bridgehead atoms. The molecule has 0 aromatic heterocycles. The summed E-state index contributed by atoms with van der Waals surface area (Å²) in [4.78, 5) is 25.2. The molecule has 0 aliphatic rings. The molecule has 4 nitrogen and oxygen atoms in total. The van der Waals surface area contributed by atoms with Crippen LogP contribution in [0.15, 0.2) is 72.8 Å². The summed E-state index contributed by atoms with van der Waals surface area (Å²) in [5.41, 5.74) is 4.83. The molecule has 0 aliphatic heterocycles. The number of hydrogen-bond acceptors (Lipinski definition) is 2. The van der Waals surface area contributed by atoms with Crippen LogP contribution in [0, 0.1) is 13.8 Å². The minimum Gasteiger partial charge on any atom is -0.346 e. The van der Waals surface area contributed by atoms with Crippen molar-refractivity contribution in [3.05, 3.63) is 101 Å². The lowest BCUT2D eigenvalue weighted by molar-refractivity contribution is 0.0940. The number of carbonyl (C=O) groups excluding carboxylic acids is 2. The fourth-order valence-electron chi connectivity index (χ4n) is 3.16. The van der Waals surface area contributed by atoms with Crippen molar-refractivity contribution in [3.63, 3.8) is 0 Å². The highest BCUT2D eigenvalue weighted by atomic mass is 16.2. The maximum atomic E-state index is 12.6. The Morgan fingerprint density at radius 1 is 0.750 bits per heavy atom. The van der Waals surface area contributed by atoms with Gasteiger partial charge in [-0.2, -0.15) is 0 Å². The molecule has 1 atom stereocenters. The van der Waals surface area contributed by atoms with E-state index in [2.05, 4.69) is 16.7 Å². The van der Waals surface area contributed by atoms with E-state index < -0.39 is 0 Å². The molecule has 3 aromatic rings. The topological polar surface area (TPSA) is 58.2 Å². The zero-order valence-electron chi connectivity index (χ0n) is 16.3. The third-order valence-corrected chi connectivity index (χ3v) is 4.51. The van der Waals surface area contributed by atoms with Crippen LogP contribution in [0.1, 0.15) is 50.4 Å². The molecule has 0 fully saturated rings. The van der Waals surface area contributed by atoms with Crippen molar-refractivity contribution in [3.8, 4) is 0 Å². The Kier molecular flexibility index (Phi) is 5.90. The molecule has 28 heavy (non-hydrogen) atoms. The average molecular weight is 372 g/mol. The van der Waals surface area contributed by atoms with E-state index in [-0.39, 0.29) is 17.9 Å². The first-order valence-corrected chi connectivity index (χ1v) is 9.28. The standard InChI is InChI=1S/C24H24N2O2/c1-16-12-17(2)14-22(13-16)26-24(28)21-11-7-10-20(15-21)23(27)25-18(3)19-8-5-4-6-9-19/h4-15,18H,1-3H3,(H,25,27)(H,26,28). The Balaban J connectivity index is 1.72. The van der Waals surface area contributed by atoms with Gasteiger partial charge in [0, 0.05) is 16.8 Å². The number of amides is 2. The molecular formula is C24H24N2O2. The number of nitrogens with one attached hydrogen (secondary N) is 2. The van der Waals surface area contributed by atoms with E-state index >= 15 is 0 Å². The Morgan fingerprint density at radius 2 is 1.36 bits per heavy atom. The largest absolute Gasteiger partial charge is 0.346 e. The van der Waals surface area contributed by atoms with E-state index in [0.717, 1.165) is 22.4 Å². The van der Waals surface area contributed by atoms with Gasteiger partial charge in [0.2, 0.25) is 0 Å². The van der Waals surface area contributed by atoms with Gasteiger partial charge in [-0.25, -0.2) is 0 Å². The van der Waals surface area contributed by atoms with Crippen molar-refractivity contribution >= 4 is 17.5 Å². The summed E-state index contributed by atoms with van der Waals surface area (Å²) in [6.45, 7) is 5.91. The summed E-state index contributed by atoms with van der Waals surface area (Å²) in [5, 5.41) is 5.87. The monoisotopic (exact) mass is 372 g/mol. The van der Waals surface area contributed by atoms with Crippen LogP contribution in [0.5, 0.6) is 0 Å². The van der Waals surface area contributed by atoms with Gasteiger partial charge in [-0.3, -0.25) is 9.59 Å². The number of aryl methyl sites for hydroxylation is 2. The zero-order chi connectivity index (χ0) is 20.1. The SMILES string of the molecule is Cc1cc(C)cc(NC(=O)c2cccc(C(=O)NC(C)c3ccccc3)c2)c1. The molecule has 142 valence electrons. The van der Waals surface area contributed by atoms with Crippen molar-refractivity contribution in [1.82, 2.24) is 5.32 Å². The first-order chi connectivity index (χ1) is 13.4. The first kappa shape index (κ1) is 19.4. The second-order valence-corrected chi connectivity index (χ2v) is 7.02. The van der Waals surface area contributed by atoms with Crippen molar-refractivity contribution in [2.75, 3.05) is 5.32 Å². The third-order valence-electron chi connectivity index (χ3n) is 4.51. The van der Waals surface area contributed by atoms with Crippen molar-refractivity contribution in [1.29, 1.82) is 0 Å². The van der Waals surface area contributed by atoms with Crippen LogP contribution in [0.4, 0.5) is 5.69 Å². The number of rotatable bonds is 5. The van der Waals surface area contributed by atoms with E-state index in [4.69, 9.17) is 0 Å². The van der Waals surface area contributed by atoms with Crippen molar-refractivity contribution < 1.29 is 9.59 Å². The Labute approximate surface area is 165 Å². The van der Waals surface area contributed by atoms with E-state index in [9.17, 15) is 9.59 Å². The first-order valence-electron chi connectivity index (χ1n) is 9.28. The second kappa shape index (κ2) is 8.53. The molecule has 0 heterocycles. The van der Waals surface area contributed by atoms with Crippen LogP contribution in [-0.4, -0.2) is 11.8 Å². The number of anilines is 1. The third kappa shape index (κ3) is 4.86. The van der Waals surface area contributed by atoms with Crippen molar-refractivity contribution in [2.24, 2.45) is 0 Å². The average Bonchev–Trinajstić information content (AvgIpc) is 2.68. The summed E-state index contributed by atoms with van der Waals surface area (Å²) < 4.78 is 0. The molecule has 2 N–H and O–H groups in total. The molecule has 3 rings (SSSR count). The molecular weight excluding hydrogens is 348 g/mol. The second-order valence-electron chi connectivity index (χ2n) is 7.02. The van der Waals surface area contributed by atoms with Crippen LogP contribution in [0.2, 0.25) is 0 Å². The smallest absolute Gasteiger partial charge is 0.255 e. The van der Waals surface area contributed by atoms with Gasteiger partial charge in [0.25, 0.3) is 11.8 Å². The van der Waals surface area contributed by atoms with Crippen LogP contribution in [-0.2, 0) is 0 Å². The summed E-state index contributed by atoms with van der Waals surface area (Å²) in [7, 11) is 0. The van der Waals surface area contributed by atoms with Crippen LogP contribution in [0.3, 0.4) is 0 Å². The van der Waals surface area contributed by atoms with E-state index in [0.29, 0.717) is 11.1 Å².